The molecule has 0 atom stereocenters. The predicted octanol–water partition coefficient (Wildman–Crippen LogP) is 3.02. The van der Waals surface area contributed by atoms with Crippen molar-refractivity contribution in [3.8, 4) is 5.75 Å². The van der Waals surface area contributed by atoms with Crippen molar-refractivity contribution in [3.05, 3.63) is 64.7 Å². The minimum Gasteiger partial charge on any atom is -0.497 e. The third-order valence-electron chi connectivity index (χ3n) is 4.33. The Labute approximate surface area is 144 Å². The summed E-state index contributed by atoms with van der Waals surface area (Å²) in [4.78, 5) is 17.4. The Morgan fingerprint density at radius 1 is 1.16 bits per heavy atom. The van der Waals surface area contributed by atoms with Gasteiger partial charge in [0.05, 0.1) is 23.7 Å². The van der Waals surface area contributed by atoms with Gasteiger partial charge in [-0.2, -0.15) is 5.10 Å². The summed E-state index contributed by atoms with van der Waals surface area (Å²) in [6.45, 7) is 0.674. The van der Waals surface area contributed by atoms with Crippen LogP contribution in [0.2, 0.25) is 0 Å². The number of hydrogen-bond acceptors (Lipinski definition) is 5. The number of anilines is 1. The summed E-state index contributed by atoms with van der Waals surface area (Å²) >= 11 is 0. The summed E-state index contributed by atoms with van der Waals surface area (Å²) in [5.74, 6) is 1.44. The molecule has 0 spiro atoms. The fraction of sp³-hybridized carbons (Fsp3) is 0.211. The number of fused-ring (bicyclic) bond motifs is 2. The topological polar surface area (TPSA) is 68.5 Å². The standard InChI is InChI=1S/C19H18N4O2/c1-25-14-10-8-13(9-11-14)21-22-17-7-4-12-23-18(17)20-16-6-3-2-5-15(16)19(23)24/h2-3,5-6,8-11,21H,4,7,12H2,1H3. The Morgan fingerprint density at radius 3 is 2.76 bits per heavy atom. The molecule has 1 aliphatic rings. The molecule has 1 aliphatic heterocycles. The summed E-state index contributed by atoms with van der Waals surface area (Å²) in [5, 5.41) is 5.15. The van der Waals surface area contributed by atoms with Crippen LogP contribution < -0.4 is 15.7 Å². The van der Waals surface area contributed by atoms with Crippen LogP contribution in [0, 0.1) is 0 Å². The molecule has 4 rings (SSSR count). The molecule has 1 aromatic heterocycles. The molecular formula is C19H18N4O2. The Bertz CT molecular complexity index is 1010. The van der Waals surface area contributed by atoms with Crippen LogP contribution in [0.25, 0.3) is 10.9 Å². The number of hydrazone groups is 1. The van der Waals surface area contributed by atoms with Gasteiger partial charge in [0.2, 0.25) is 0 Å². The maximum Gasteiger partial charge on any atom is 0.261 e. The van der Waals surface area contributed by atoms with E-state index in [2.05, 4.69) is 15.5 Å². The van der Waals surface area contributed by atoms with Crippen LogP contribution in [0.3, 0.4) is 0 Å². The Morgan fingerprint density at radius 2 is 1.96 bits per heavy atom. The average Bonchev–Trinajstić information content (AvgIpc) is 2.67. The zero-order chi connectivity index (χ0) is 17.2. The number of nitrogens with one attached hydrogen (secondary N) is 1. The Hall–Kier alpha value is -3.15. The highest BCUT2D eigenvalue weighted by Gasteiger charge is 2.20. The van der Waals surface area contributed by atoms with Crippen LogP contribution >= 0.6 is 0 Å². The van der Waals surface area contributed by atoms with Gasteiger partial charge in [-0.05, 0) is 49.2 Å². The lowest BCUT2D eigenvalue weighted by Gasteiger charge is -2.19. The highest BCUT2D eigenvalue weighted by Crippen LogP contribution is 2.18. The molecule has 0 radical (unpaired) electrons. The lowest BCUT2D eigenvalue weighted by atomic mass is 10.1. The fourth-order valence-corrected chi connectivity index (χ4v) is 3.02. The molecule has 6 nitrogen and oxygen atoms in total. The van der Waals surface area contributed by atoms with Gasteiger partial charge in [-0.25, -0.2) is 4.98 Å². The van der Waals surface area contributed by atoms with Crippen LogP contribution in [0.1, 0.15) is 18.7 Å². The van der Waals surface area contributed by atoms with E-state index in [1.165, 1.54) is 0 Å². The molecule has 6 heteroatoms. The molecule has 0 saturated carbocycles. The number of ether oxygens (including phenoxy) is 1. The van der Waals surface area contributed by atoms with Crippen molar-refractivity contribution in [1.29, 1.82) is 0 Å². The van der Waals surface area contributed by atoms with Crippen molar-refractivity contribution in [3.63, 3.8) is 0 Å². The quantitative estimate of drug-likeness (QED) is 0.748. The average molecular weight is 334 g/mol. The molecule has 2 aromatic carbocycles. The van der Waals surface area contributed by atoms with Crippen molar-refractivity contribution in [2.45, 2.75) is 19.4 Å². The number of para-hydroxylation sites is 1. The number of nitrogens with zero attached hydrogens (tertiary/aromatic N) is 3. The van der Waals surface area contributed by atoms with Crippen molar-refractivity contribution < 1.29 is 4.74 Å². The molecule has 0 unspecified atom stereocenters. The number of hydrogen-bond donors (Lipinski definition) is 1. The van der Waals surface area contributed by atoms with Crippen LogP contribution in [0.15, 0.2) is 58.4 Å². The van der Waals surface area contributed by atoms with Crippen molar-refractivity contribution in [1.82, 2.24) is 9.55 Å². The summed E-state index contributed by atoms with van der Waals surface area (Å²) in [7, 11) is 1.63. The van der Waals surface area contributed by atoms with E-state index in [9.17, 15) is 4.79 Å². The second-order valence-electron chi connectivity index (χ2n) is 5.91. The first-order valence-corrected chi connectivity index (χ1v) is 8.23. The largest absolute Gasteiger partial charge is 0.497 e. The fourth-order valence-electron chi connectivity index (χ4n) is 3.02. The van der Waals surface area contributed by atoms with Crippen molar-refractivity contribution >= 4 is 22.3 Å². The lowest BCUT2D eigenvalue weighted by Crippen LogP contribution is -2.32. The molecular weight excluding hydrogens is 316 g/mol. The molecule has 0 bridgehead atoms. The first-order chi connectivity index (χ1) is 12.3. The third kappa shape index (κ3) is 2.87. The van der Waals surface area contributed by atoms with E-state index in [1.807, 2.05) is 48.5 Å². The molecule has 0 amide bonds. The van der Waals surface area contributed by atoms with Crippen LogP contribution in [0.4, 0.5) is 5.69 Å². The highest BCUT2D eigenvalue weighted by atomic mass is 16.5. The van der Waals surface area contributed by atoms with E-state index in [0.29, 0.717) is 23.3 Å². The second-order valence-corrected chi connectivity index (χ2v) is 5.91. The second kappa shape index (κ2) is 6.39. The zero-order valence-electron chi connectivity index (χ0n) is 13.9. The normalized spacial score (nSPS) is 15.2. The van der Waals surface area contributed by atoms with E-state index < -0.39 is 0 Å². The molecule has 126 valence electrons. The first kappa shape index (κ1) is 15.4. The monoisotopic (exact) mass is 334 g/mol. The maximum absolute atomic E-state index is 12.7. The van der Waals surface area contributed by atoms with Gasteiger partial charge in [-0.3, -0.25) is 14.8 Å². The molecule has 0 aliphatic carbocycles. The van der Waals surface area contributed by atoms with Gasteiger partial charge >= 0.3 is 0 Å². The number of methoxy groups -OCH3 is 1. The van der Waals surface area contributed by atoms with Gasteiger partial charge in [-0.1, -0.05) is 12.1 Å². The van der Waals surface area contributed by atoms with Gasteiger partial charge in [0.15, 0.2) is 5.82 Å². The van der Waals surface area contributed by atoms with Crippen LogP contribution in [-0.4, -0.2) is 22.4 Å². The number of aromatic nitrogens is 2. The van der Waals surface area contributed by atoms with Gasteiger partial charge < -0.3 is 4.74 Å². The van der Waals surface area contributed by atoms with E-state index in [-0.39, 0.29) is 5.56 Å². The van der Waals surface area contributed by atoms with E-state index >= 15 is 0 Å². The lowest BCUT2D eigenvalue weighted by molar-refractivity contribution is 0.415. The molecule has 0 fully saturated rings. The van der Waals surface area contributed by atoms with Crippen molar-refractivity contribution in [2.75, 3.05) is 12.5 Å². The smallest absolute Gasteiger partial charge is 0.261 e. The summed E-state index contributed by atoms with van der Waals surface area (Å²) in [5.41, 5.74) is 5.41. The SMILES string of the molecule is COc1ccc(NN=C2CCCn3c2nc2ccccc2c3=O)cc1. The van der Waals surface area contributed by atoms with Gasteiger partial charge in [0.25, 0.3) is 5.56 Å². The highest BCUT2D eigenvalue weighted by molar-refractivity contribution is 5.99. The maximum atomic E-state index is 12.7. The summed E-state index contributed by atoms with van der Waals surface area (Å²) in [6.07, 6.45) is 1.66. The van der Waals surface area contributed by atoms with E-state index in [1.54, 1.807) is 11.7 Å². The third-order valence-corrected chi connectivity index (χ3v) is 4.33. The molecule has 1 N–H and O–H groups in total. The number of rotatable bonds is 3. The summed E-state index contributed by atoms with van der Waals surface area (Å²) in [6, 6.07) is 15.0. The molecule has 25 heavy (non-hydrogen) atoms. The molecule has 0 saturated heterocycles. The van der Waals surface area contributed by atoms with Crippen LogP contribution in [-0.2, 0) is 6.54 Å². The zero-order valence-corrected chi connectivity index (χ0v) is 13.9. The van der Waals surface area contributed by atoms with Gasteiger partial charge in [0.1, 0.15) is 11.5 Å². The minimum atomic E-state index is -0.00236. The van der Waals surface area contributed by atoms with E-state index in [0.717, 1.165) is 30.0 Å². The molecule has 2 heterocycles. The minimum absolute atomic E-state index is 0.00236. The van der Waals surface area contributed by atoms with E-state index in [4.69, 9.17) is 4.74 Å². The number of benzene rings is 2. The van der Waals surface area contributed by atoms with Crippen LogP contribution in [0.5, 0.6) is 5.75 Å². The summed E-state index contributed by atoms with van der Waals surface area (Å²) < 4.78 is 6.88. The predicted molar refractivity (Wildman–Crippen MR) is 98.4 cm³/mol. The Balaban J connectivity index is 1.72. The van der Waals surface area contributed by atoms with Gasteiger partial charge in [0, 0.05) is 6.54 Å². The van der Waals surface area contributed by atoms with Gasteiger partial charge in [-0.15, -0.1) is 0 Å². The first-order valence-electron chi connectivity index (χ1n) is 8.23. The van der Waals surface area contributed by atoms with Crippen molar-refractivity contribution in [2.24, 2.45) is 5.10 Å². The Kier molecular flexibility index (Phi) is 3.93. The molecule has 3 aromatic rings.